The maximum Gasteiger partial charge on any atom is 0.251 e. The van der Waals surface area contributed by atoms with Gasteiger partial charge in [-0.25, -0.2) is 0 Å². The summed E-state index contributed by atoms with van der Waals surface area (Å²) in [6.45, 7) is 8.15. The van der Waals surface area contributed by atoms with Gasteiger partial charge in [-0.2, -0.15) is 0 Å². The number of ether oxygens (including phenoxy) is 2. The van der Waals surface area contributed by atoms with Crippen LogP contribution in [0, 0.1) is 5.92 Å². The summed E-state index contributed by atoms with van der Waals surface area (Å²) in [6, 6.07) is 5.42. The molecule has 1 heterocycles. The van der Waals surface area contributed by atoms with Crippen LogP contribution in [0.15, 0.2) is 18.2 Å². The van der Waals surface area contributed by atoms with Crippen LogP contribution in [0.4, 0.5) is 0 Å². The lowest BCUT2D eigenvalue weighted by atomic mass is 9.99. The number of hydrogen-bond donors (Lipinski definition) is 2. The molecule has 1 fully saturated rings. The van der Waals surface area contributed by atoms with Crippen molar-refractivity contribution in [2.45, 2.75) is 39.5 Å². The van der Waals surface area contributed by atoms with Crippen molar-refractivity contribution in [2.24, 2.45) is 5.92 Å². The number of rotatable bonds is 9. The molecule has 0 aromatic heterocycles. The number of halogens is 1. The van der Waals surface area contributed by atoms with Crippen molar-refractivity contribution in [1.29, 1.82) is 0 Å². The van der Waals surface area contributed by atoms with Gasteiger partial charge in [-0.3, -0.25) is 4.79 Å². The van der Waals surface area contributed by atoms with Crippen LogP contribution in [0.3, 0.4) is 0 Å². The van der Waals surface area contributed by atoms with Gasteiger partial charge in [0.2, 0.25) is 0 Å². The van der Waals surface area contributed by atoms with E-state index in [1.54, 1.807) is 12.1 Å². The van der Waals surface area contributed by atoms with Crippen LogP contribution in [-0.4, -0.2) is 38.8 Å². The molecule has 1 aliphatic rings. The number of nitrogens with one attached hydrogen (secondary N) is 2. The Morgan fingerprint density at radius 1 is 1.20 bits per heavy atom. The van der Waals surface area contributed by atoms with Crippen molar-refractivity contribution < 1.29 is 14.3 Å². The van der Waals surface area contributed by atoms with Crippen molar-refractivity contribution in [3.05, 3.63) is 23.8 Å². The Labute approximate surface area is 157 Å². The van der Waals surface area contributed by atoms with E-state index < -0.39 is 0 Å². The van der Waals surface area contributed by atoms with Gasteiger partial charge < -0.3 is 20.1 Å². The molecule has 142 valence electrons. The van der Waals surface area contributed by atoms with Crippen molar-refractivity contribution in [3.63, 3.8) is 0 Å². The average Bonchev–Trinajstić information content (AvgIpc) is 2.63. The predicted octanol–water partition coefficient (Wildman–Crippen LogP) is 3.42. The molecule has 1 aliphatic heterocycles. The molecular formula is C19H31ClN2O3. The monoisotopic (exact) mass is 370 g/mol. The van der Waals surface area contributed by atoms with Crippen LogP contribution in [0.25, 0.3) is 0 Å². The van der Waals surface area contributed by atoms with E-state index in [1.807, 2.05) is 6.07 Å². The van der Waals surface area contributed by atoms with Gasteiger partial charge in [0, 0.05) is 12.1 Å². The van der Waals surface area contributed by atoms with Gasteiger partial charge in [-0.1, -0.05) is 13.8 Å². The molecule has 0 aliphatic carbocycles. The predicted molar refractivity (Wildman–Crippen MR) is 103 cm³/mol. The first-order valence-electron chi connectivity index (χ1n) is 9.13. The minimum absolute atomic E-state index is 0. The summed E-state index contributed by atoms with van der Waals surface area (Å²) in [7, 11) is 0. The smallest absolute Gasteiger partial charge is 0.251 e. The van der Waals surface area contributed by atoms with Crippen molar-refractivity contribution in [3.8, 4) is 11.5 Å². The first kappa shape index (κ1) is 21.6. The summed E-state index contributed by atoms with van der Waals surface area (Å²) in [4.78, 5) is 12.4. The van der Waals surface area contributed by atoms with Crippen LogP contribution in [0.5, 0.6) is 11.5 Å². The van der Waals surface area contributed by atoms with Gasteiger partial charge in [-0.15, -0.1) is 12.4 Å². The number of piperidine rings is 1. The molecule has 2 N–H and O–H groups in total. The van der Waals surface area contributed by atoms with Crippen LogP contribution in [0.2, 0.25) is 0 Å². The van der Waals surface area contributed by atoms with Gasteiger partial charge in [0.15, 0.2) is 11.5 Å². The lowest BCUT2D eigenvalue weighted by Crippen LogP contribution is -2.38. The topological polar surface area (TPSA) is 59.6 Å². The number of carbonyl (C=O) groups is 1. The highest BCUT2D eigenvalue weighted by Crippen LogP contribution is 2.29. The Morgan fingerprint density at radius 2 is 1.92 bits per heavy atom. The molecule has 0 bridgehead atoms. The molecule has 6 heteroatoms. The Morgan fingerprint density at radius 3 is 2.56 bits per heavy atom. The number of amides is 1. The Hall–Kier alpha value is -1.46. The van der Waals surface area contributed by atoms with Crippen LogP contribution < -0.4 is 20.1 Å². The molecule has 2 rings (SSSR count). The zero-order valence-electron chi connectivity index (χ0n) is 15.3. The molecule has 1 aromatic rings. The van der Waals surface area contributed by atoms with E-state index >= 15 is 0 Å². The van der Waals surface area contributed by atoms with Crippen LogP contribution in [0.1, 0.15) is 49.9 Å². The number of hydrogen-bond acceptors (Lipinski definition) is 4. The van der Waals surface area contributed by atoms with Gasteiger partial charge in [0.25, 0.3) is 5.91 Å². The molecule has 0 saturated carbocycles. The van der Waals surface area contributed by atoms with E-state index in [2.05, 4.69) is 24.5 Å². The summed E-state index contributed by atoms with van der Waals surface area (Å²) in [5, 5.41) is 6.41. The van der Waals surface area contributed by atoms with E-state index in [0.717, 1.165) is 25.9 Å². The maximum absolute atomic E-state index is 12.4. The number of carbonyl (C=O) groups excluding carboxylic acids is 1. The van der Waals surface area contributed by atoms with E-state index in [4.69, 9.17) is 9.47 Å². The lowest BCUT2D eigenvalue weighted by Gasteiger charge is -2.23. The van der Waals surface area contributed by atoms with E-state index in [9.17, 15) is 4.79 Å². The number of benzene rings is 1. The first-order valence-corrected chi connectivity index (χ1v) is 9.13. The third-order valence-corrected chi connectivity index (χ3v) is 4.08. The third-order valence-electron chi connectivity index (χ3n) is 4.08. The van der Waals surface area contributed by atoms with Crippen molar-refractivity contribution >= 4 is 18.3 Å². The molecule has 25 heavy (non-hydrogen) atoms. The Kier molecular flexibility index (Phi) is 10.3. The molecule has 5 nitrogen and oxygen atoms in total. The van der Waals surface area contributed by atoms with Gasteiger partial charge in [0.1, 0.15) is 0 Å². The van der Waals surface area contributed by atoms with Crippen LogP contribution in [-0.2, 0) is 0 Å². The molecule has 1 saturated heterocycles. The second-order valence-corrected chi connectivity index (χ2v) is 6.28. The minimum atomic E-state index is -0.0519. The van der Waals surface area contributed by atoms with Gasteiger partial charge >= 0.3 is 0 Å². The molecule has 1 unspecified atom stereocenters. The van der Waals surface area contributed by atoms with E-state index in [0.29, 0.717) is 42.7 Å². The second-order valence-electron chi connectivity index (χ2n) is 6.28. The highest BCUT2D eigenvalue weighted by molar-refractivity contribution is 5.94. The third kappa shape index (κ3) is 7.12. The standard InChI is InChI=1S/C19H30N2O3.ClH/c1-3-10-23-17-8-7-16(12-18(17)24-11-4-2)19(22)21-14-15-6-5-9-20-13-15;/h7-8,12,15,20H,3-6,9-11,13-14H2,1-2H3,(H,21,22);1H. The fraction of sp³-hybridized carbons (Fsp3) is 0.632. The van der Waals surface area contributed by atoms with Gasteiger partial charge in [-0.05, 0) is 62.9 Å². The van der Waals surface area contributed by atoms with Crippen molar-refractivity contribution in [2.75, 3.05) is 32.8 Å². The lowest BCUT2D eigenvalue weighted by molar-refractivity contribution is 0.0944. The first-order chi connectivity index (χ1) is 11.7. The van der Waals surface area contributed by atoms with Crippen molar-refractivity contribution in [1.82, 2.24) is 10.6 Å². The van der Waals surface area contributed by atoms with Crippen LogP contribution >= 0.6 is 12.4 Å². The zero-order valence-corrected chi connectivity index (χ0v) is 16.1. The largest absolute Gasteiger partial charge is 0.490 e. The Bertz CT molecular complexity index is 519. The molecule has 1 amide bonds. The normalized spacial score (nSPS) is 16.6. The summed E-state index contributed by atoms with van der Waals surface area (Å²) in [5.74, 6) is 1.82. The summed E-state index contributed by atoms with van der Waals surface area (Å²) in [5.41, 5.74) is 0.619. The molecule has 0 spiro atoms. The van der Waals surface area contributed by atoms with E-state index in [-0.39, 0.29) is 18.3 Å². The molecular weight excluding hydrogens is 340 g/mol. The fourth-order valence-electron chi connectivity index (χ4n) is 2.74. The second kappa shape index (κ2) is 12.0. The van der Waals surface area contributed by atoms with Gasteiger partial charge in [0.05, 0.1) is 13.2 Å². The molecule has 1 aromatic carbocycles. The highest BCUT2D eigenvalue weighted by Gasteiger charge is 2.16. The summed E-state index contributed by atoms with van der Waals surface area (Å²) in [6.07, 6.45) is 4.20. The quantitative estimate of drug-likeness (QED) is 0.699. The maximum atomic E-state index is 12.4. The fourth-order valence-corrected chi connectivity index (χ4v) is 2.74. The SMILES string of the molecule is CCCOc1ccc(C(=O)NCC2CCCNC2)cc1OCCC.Cl. The summed E-state index contributed by atoms with van der Waals surface area (Å²) < 4.78 is 11.5. The Balaban J connectivity index is 0.00000312. The zero-order chi connectivity index (χ0) is 17.2. The summed E-state index contributed by atoms with van der Waals surface area (Å²) >= 11 is 0. The molecule has 0 radical (unpaired) electrons. The highest BCUT2D eigenvalue weighted by atomic mass is 35.5. The minimum Gasteiger partial charge on any atom is -0.490 e. The van der Waals surface area contributed by atoms with E-state index in [1.165, 1.54) is 12.8 Å². The molecule has 1 atom stereocenters. The average molecular weight is 371 g/mol.